The summed E-state index contributed by atoms with van der Waals surface area (Å²) in [6, 6.07) is 4.96. The van der Waals surface area contributed by atoms with Crippen LogP contribution in [-0.4, -0.2) is 20.3 Å². The average molecular weight is 198 g/mol. The van der Waals surface area contributed by atoms with Gasteiger partial charge < -0.3 is 15.8 Å². The first-order valence-electron chi connectivity index (χ1n) is 4.51. The van der Waals surface area contributed by atoms with Crippen LogP contribution in [0.15, 0.2) is 18.2 Å². The number of nitrogens with two attached hydrogens (primary N) is 1. The predicted molar refractivity (Wildman–Crippen MR) is 53.7 cm³/mol. The number of methoxy groups -OCH3 is 1. The van der Waals surface area contributed by atoms with E-state index in [4.69, 9.17) is 10.5 Å². The Labute approximate surface area is 83.1 Å². The highest BCUT2D eigenvalue weighted by Crippen LogP contribution is 2.17. The van der Waals surface area contributed by atoms with Crippen LogP contribution < -0.4 is 15.8 Å². The van der Waals surface area contributed by atoms with Crippen molar-refractivity contribution in [2.75, 3.05) is 20.3 Å². The van der Waals surface area contributed by atoms with Gasteiger partial charge in [0.2, 0.25) is 0 Å². The molecule has 0 bridgehead atoms. The molecule has 0 amide bonds. The third kappa shape index (κ3) is 2.97. The summed E-state index contributed by atoms with van der Waals surface area (Å²) in [5, 5.41) is 2.97. The Morgan fingerprint density at radius 2 is 2.29 bits per heavy atom. The van der Waals surface area contributed by atoms with Crippen LogP contribution in [0, 0.1) is 5.82 Å². The number of halogens is 1. The van der Waals surface area contributed by atoms with Crippen LogP contribution in [0.1, 0.15) is 5.56 Å². The first-order chi connectivity index (χ1) is 6.77. The molecule has 0 heterocycles. The van der Waals surface area contributed by atoms with Crippen molar-refractivity contribution < 1.29 is 9.13 Å². The van der Waals surface area contributed by atoms with Gasteiger partial charge in [0.25, 0.3) is 0 Å². The van der Waals surface area contributed by atoms with E-state index >= 15 is 0 Å². The molecule has 0 fully saturated rings. The number of hydrogen-bond acceptors (Lipinski definition) is 3. The highest BCUT2D eigenvalue weighted by atomic mass is 19.1. The summed E-state index contributed by atoms with van der Waals surface area (Å²) < 4.78 is 18.0. The van der Waals surface area contributed by atoms with Crippen LogP contribution in [0.2, 0.25) is 0 Å². The van der Waals surface area contributed by atoms with Gasteiger partial charge in [0.05, 0.1) is 7.11 Å². The van der Waals surface area contributed by atoms with Crippen LogP contribution >= 0.6 is 0 Å². The Bertz CT molecular complexity index is 291. The molecule has 0 aliphatic rings. The maximum atomic E-state index is 13.2. The van der Waals surface area contributed by atoms with Crippen molar-refractivity contribution in [2.24, 2.45) is 5.73 Å². The molecule has 0 aliphatic heterocycles. The lowest BCUT2D eigenvalue weighted by molar-refractivity contribution is 0.386. The topological polar surface area (TPSA) is 47.3 Å². The second kappa shape index (κ2) is 5.57. The van der Waals surface area contributed by atoms with E-state index in [1.165, 1.54) is 13.2 Å². The fraction of sp³-hybridized carbons (Fsp3) is 0.400. The highest BCUT2D eigenvalue weighted by Gasteiger charge is 2.02. The molecule has 1 aromatic carbocycles. The molecular weight excluding hydrogens is 183 g/mol. The predicted octanol–water partition coefficient (Wildman–Crippen LogP) is 0.883. The molecular formula is C10H15FN2O. The van der Waals surface area contributed by atoms with E-state index < -0.39 is 0 Å². The first-order valence-corrected chi connectivity index (χ1v) is 4.51. The van der Waals surface area contributed by atoms with Gasteiger partial charge in [0.1, 0.15) is 0 Å². The van der Waals surface area contributed by atoms with Gasteiger partial charge in [-0.15, -0.1) is 0 Å². The van der Waals surface area contributed by atoms with E-state index in [-0.39, 0.29) is 11.6 Å². The lowest BCUT2D eigenvalue weighted by Crippen LogP contribution is -2.24. The molecule has 14 heavy (non-hydrogen) atoms. The summed E-state index contributed by atoms with van der Waals surface area (Å²) in [6.45, 7) is 1.20. The SMILES string of the molecule is COc1ccc(CCNCN)cc1F. The van der Waals surface area contributed by atoms with Crippen LogP contribution in [0.4, 0.5) is 4.39 Å². The second-order valence-electron chi connectivity index (χ2n) is 2.92. The number of ether oxygens (including phenoxy) is 1. The third-order valence-electron chi connectivity index (χ3n) is 1.95. The summed E-state index contributed by atoms with van der Waals surface area (Å²) >= 11 is 0. The Morgan fingerprint density at radius 1 is 1.50 bits per heavy atom. The first kappa shape index (κ1) is 10.9. The normalized spacial score (nSPS) is 10.2. The smallest absolute Gasteiger partial charge is 0.165 e. The van der Waals surface area contributed by atoms with Crippen LogP contribution in [0.25, 0.3) is 0 Å². The maximum Gasteiger partial charge on any atom is 0.165 e. The van der Waals surface area contributed by atoms with Crippen molar-refractivity contribution in [2.45, 2.75) is 6.42 Å². The van der Waals surface area contributed by atoms with Crippen molar-refractivity contribution in [3.05, 3.63) is 29.6 Å². The zero-order valence-corrected chi connectivity index (χ0v) is 8.22. The van der Waals surface area contributed by atoms with Gasteiger partial charge in [0, 0.05) is 13.2 Å². The van der Waals surface area contributed by atoms with Gasteiger partial charge >= 0.3 is 0 Å². The van der Waals surface area contributed by atoms with E-state index in [2.05, 4.69) is 5.32 Å². The fourth-order valence-corrected chi connectivity index (χ4v) is 1.20. The molecule has 1 rings (SSSR count). The standard InChI is InChI=1S/C10H15FN2O/c1-14-10-3-2-8(6-9(10)11)4-5-13-7-12/h2-3,6,13H,4-5,7,12H2,1H3. The number of benzene rings is 1. The molecule has 3 nitrogen and oxygen atoms in total. The van der Waals surface area contributed by atoms with Crippen molar-refractivity contribution in [1.29, 1.82) is 0 Å². The van der Waals surface area contributed by atoms with Gasteiger partial charge in [0.15, 0.2) is 11.6 Å². The van der Waals surface area contributed by atoms with E-state index in [1.807, 2.05) is 6.07 Å². The Hall–Kier alpha value is -1.13. The molecule has 0 aromatic heterocycles. The van der Waals surface area contributed by atoms with Gasteiger partial charge in [-0.05, 0) is 24.1 Å². The number of hydrogen-bond donors (Lipinski definition) is 2. The van der Waals surface area contributed by atoms with Crippen LogP contribution in [0.3, 0.4) is 0 Å². The molecule has 3 N–H and O–H groups in total. The zero-order valence-electron chi connectivity index (χ0n) is 8.22. The third-order valence-corrected chi connectivity index (χ3v) is 1.95. The molecule has 1 aromatic rings. The van der Waals surface area contributed by atoms with Crippen molar-refractivity contribution >= 4 is 0 Å². The van der Waals surface area contributed by atoms with Gasteiger partial charge in [-0.2, -0.15) is 0 Å². The highest BCUT2D eigenvalue weighted by molar-refractivity contribution is 5.29. The Balaban J connectivity index is 2.57. The molecule has 0 unspecified atom stereocenters. The summed E-state index contributed by atoms with van der Waals surface area (Å²) in [4.78, 5) is 0. The molecule has 0 saturated heterocycles. The Morgan fingerprint density at radius 3 is 2.86 bits per heavy atom. The summed E-state index contributed by atoms with van der Waals surface area (Å²) in [6.07, 6.45) is 0.762. The van der Waals surface area contributed by atoms with Gasteiger partial charge in [-0.1, -0.05) is 6.07 Å². The minimum Gasteiger partial charge on any atom is -0.494 e. The average Bonchev–Trinajstić information content (AvgIpc) is 2.18. The summed E-state index contributed by atoms with van der Waals surface area (Å²) in [5.74, 6) is -0.0433. The van der Waals surface area contributed by atoms with Crippen molar-refractivity contribution in [3.8, 4) is 5.75 Å². The lowest BCUT2D eigenvalue weighted by atomic mass is 10.1. The molecule has 0 spiro atoms. The number of rotatable bonds is 5. The van der Waals surface area contributed by atoms with Gasteiger partial charge in [-0.25, -0.2) is 4.39 Å². The molecule has 4 heteroatoms. The molecule has 0 aliphatic carbocycles. The zero-order chi connectivity index (χ0) is 10.4. The molecule has 78 valence electrons. The minimum absolute atomic E-state index is 0.278. The Kier molecular flexibility index (Phi) is 4.35. The maximum absolute atomic E-state index is 13.2. The van der Waals surface area contributed by atoms with E-state index in [0.717, 1.165) is 18.5 Å². The molecule has 0 atom stereocenters. The number of nitrogens with one attached hydrogen (secondary N) is 1. The van der Waals surface area contributed by atoms with E-state index in [0.29, 0.717) is 6.67 Å². The summed E-state index contributed by atoms with van der Waals surface area (Å²) in [5.41, 5.74) is 6.20. The largest absolute Gasteiger partial charge is 0.494 e. The van der Waals surface area contributed by atoms with Crippen molar-refractivity contribution in [1.82, 2.24) is 5.32 Å². The van der Waals surface area contributed by atoms with Crippen LogP contribution in [0.5, 0.6) is 5.75 Å². The summed E-state index contributed by atoms with van der Waals surface area (Å²) in [7, 11) is 1.45. The van der Waals surface area contributed by atoms with E-state index in [9.17, 15) is 4.39 Å². The molecule has 0 radical (unpaired) electrons. The minimum atomic E-state index is -0.322. The van der Waals surface area contributed by atoms with Gasteiger partial charge in [-0.3, -0.25) is 0 Å². The molecule has 0 saturated carbocycles. The van der Waals surface area contributed by atoms with Crippen LogP contribution in [-0.2, 0) is 6.42 Å². The van der Waals surface area contributed by atoms with Crippen molar-refractivity contribution in [3.63, 3.8) is 0 Å². The fourth-order valence-electron chi connectivity index (χ4n) is 1.20. The monoisotopic (exact) mass is 198 g/mol. The quantitative estimate of drug-likeness (QED) is 0.545. The van der Waals surface area contributed by atoms with E-state index in [1.54, 1.807) is 6.07 Å². The lowest BCUT2D eigenvalue weighted by Gasteiger charge is -2.05. The second-order valence-corrected chi connectivity index (χ2v) is 2.92.